The summed E-state index contributed by atoms with van der Waals surface area (Å²) < 4.78 is 93.9. The van der Waals surface area contributed by atoms with Crippen molar-refractivity contribution in [2.24, 2.45) is 13.0 Å². The Hall–Kier alpha value is -3.41. The summed E-state index contributed by atoms with van der Waals surface area (Å²) in [6.45, 7) is 3.65. The third kappa shape index (κ3) is 4.34. The van der Waals surface area contributed by atoms with Gasteiger partial charge in [0.25, 0.3) is 0 Å². The van der Waals surface area contributed by atoms with Crippen molar-refractivity contribution in [1.29, 1.82) is 0 Å². The van der Waals surface area contributed by atoms with Gasteiger partial charge in [-0.2, -0.15) is 22.0 Å². The van der Waals surface area contributed by atoms with E-state index in [0.29, 0.717) is 29.7 Å². The van der Waals surface area contributed by atoms with Crippen molar-refractivity contribution in [3.05, 3.63) is 59.9 Å². The summed E-state index contributed by atoms with van der Waals surface area (Å²) in [5.41, 5.74) is 0.867. The molecule has 4 aromatic rings. The van der Waals surface area contributed by atoms with Gasteiger partial charge in [0, 0.05) is 25.0 Å². The van der Waals surface area contributed by atoms with E-state index >= 15 is 0 Å². The number of nitrogens with zero attached hydrogens (tertiary/aromatic N) is 4. The summed E-state index contributed by atoms with van der Waals surface area (Å²) >= 11 is 0. The molecule has 6 nitrogen and oxygen atoms in total. The average molecular weight is 551 g/mol. The molecule has 1 aliphatic rings. The summed E-state index contributed by atoms with van der Waals surface area (Å²) in [5.74, 6) is -4.23. The summed E-state index contributed by atoms with van der Waals surface area (Å²) in [7, 11) is -2.38. The van der Waals surface area contributed by atoms with Crippen molar-refractivity contribution in [2.75, 3.05) is 5.75 Å². The molecule has 3 aromatic heterocycles. The van der Waals surface area contributed by atoms with Crippen LogP contribution in [0.15, 0.2) is 53.7 Å². The fraction of sp³-hybridized carbons (Fsp3) is 0.346. The summed E-state index contributed by atoms with van der Waals surface area (Å²) in [4.78, 5) is 12.2. The quantitative estimate of drug-likeness (QED) is 0.265. The van der Waals surface area contributed by atoms with Crippen LogP contribution in [0.3, 0.4) is 0 Å². The van der Waals surface area contributed by atoms with Crippen molar-refractivity contribution in [3.63, 3.8) is 0 Å². The molecule has 1 aromatic carbocycles. The van der Waals surface area contributed by atoms with Gasteiger partial charge in [0.2, 0.25) is 0 Å². The molecule has 38 heavy (non-hydrogen) atoms. The van der Waals surface area contributed by atoms with Crippen LogP contribution in [0.1, 0.15) is 37.3 Å². The highest BCUT2D eigenvalue weighted by Gasteiger charge is 2.59. The zero-order valence-corrected chi connectivity index (χ0v) is 21.4. The van der Waals surface area contributed by atoms with Gasteiger partial charge < -0.3 is 4.57 Å². The maximum Gasteiger partial charge on any atom is 0.458 e. The van der Waals surface area contributed by atoms with E-state index in [1.807, 2.05) is 24.3 Å². The molecule has 5 rings (SSSR count). The number of sulfone groups is 1. The molecule has 0 radical (unpaired) electrons. The van der Waals surface area contributed by atoms with E-state index in [4.69, 9.17) is 0 Å². The first-order valence-electron chi connectivity index (χ1n) is 11.9. The van der Waals surface area contributed by atoms with Crippen molar-refractivity contribution < 1.29 is 30.4 Å². The van der Waals surface area contributed by atoms with Crippen molar-refractivity contribution >= 4 is 21.0 Å². The van der Waals surface area contributed by atoms with Gasteiger partial charge in [0.15, 0.2) is 21.3 Å². The molecule has 0 aliphatic heterocycles. The van der Waals surface area contributed by atoms with Crippen LogP contribution in [0.25, 0.3) is 33.8 Å². The molecule has 2 atom stereocenters. The predicted molar refractivity (Wildman–Crippen MR) is 131 cm³/mol. The first kappa shape index (κ1) is 26.2. The second-order valence-corrected chi connectivity index (χ2v) is 11.8. The number of aromatic nitrogens is 4. The van der Waals surface area contributed by atoms with Gasteiger partial charge >= 0.3 is 12.1 Å². The summed E-state index contributed by atoms with van der Waals surface area (Å²) in [6, 6.07) is 9.91. The molecule has 1 fully saturated rings. The number of alkyl halides is 5. The minimum atomic E-state index is -5.81. The van der Waals surface area contributed by atoms with Crippen LogP contribution in [-0.4, -0.2) is 39.9 Å². The fourth-order valence-corrected chi connectivity index (χ4v) is 5.55. The highest BCUT2D eigenvalue weighted by molar-refractivity contribution is 7.91. The van der Waals surface area contributed by atoms with Crippen LogP contribution in [-0.2, 0) is 22.8 Å². The molecule has 1 saturated carbocycles. The van der Waals surface area contributed by atoms with Crippen LogP contribution in [0.4, 0.5) is 22.0 Å². The molecule has 0 saturated heterocycles. The Kier molecular flexibility index (Phi) is 6.08. The summed E-state index contributed by atoms with van der Waals surface area (Å²) in [5, 5.41) is 0. The van der Waals surface area contributed by atoms with E-state index in [0.717, 1.165) is 12.0 Å². The fourth-order valence-electron chi connectivity index (χ4n) is 4.50. The topological polar surface area (TPSA) is 77.7 Å². The van der Waals surface area contributed by atoms with E-state index in [2.05, 4.69) is 21.9 Å². The maximum absolute atomic E-state index is 13.9. The van der Waals surface area contributed by atoms with Crippen molar-refractivity contribution in [3.8, 4) is 22.6 Å². The zero-order valence-electron chi connectivity index (χ0n) is 20.6. The third-order valence-electron chi connectivity index (χ3n) is 6.99. The molecule has 200 valence electrons. The largest absolute Gasteiger partial charge is 0.458 e. The Morgan fingerprint density at radius 1 is 1.00 bits per heavy atom. The average Bonchev–Trinajstić information content (AvgIpc) is 3.52. The van der Waals surface area contributed by atoms with E-state index in [9.17, 15) is 30.4 Å². The van der Waals surface area contributed by atoms with Gasteiger partial charge in [-0.3, -0.25) is 4.98 Å². The number of benzene rings is 1. The predicted octanol–water partition coefficient (Wildman–Crippen LogP) is 6.27. The van der Waals surface area contributed by atoms with Gasteiger partial charge in [-0.05, 0) is 41.5 Å². The van der Waals surface area contributed by atoms with Crippen molar-refractivity contribution in [2.45, 2.75) is 43.2 Å². The number of hydrogen-bond donors (Lipinski definition) is 0. The van der Waals surface area contributed by atoms with E-state index in [1.54, 1.807) is 0 Å². The molecule has 0 bridgehead atoms. The number of aryl methyl sites for hydroxylation is 1. The maximum atomic E-state index is 13.9. The number of rotatable bonds is 6. The smallest absolute Gasteiger partial charge is 0.310 e. The van der Waals surface area contributed by atoms with Gasteiger partial charge in [-0.1, -0.05) is 38.1 Å². The Labute approximate surface area is 215 Å². The molecule has 0 amide bonds. The first-order valence-corrected chi connectivity index (χ1v) is 13.5. The number of hydrogen-bond acceptors (Lipinski definition) is 5. The number of fused-ring (bicyclic) bond motifs is 1. The van der Waals surface area contributed by atoms with Crippen LogP contribution < -0.4 is 0 Å². The zero-order chi connectivity index (χ0) is 27.6. The normalized spacial score (nSPS) is 18.2. The lowest BCUT2D eigenvalue weighted by atomic mass is 10.0. The first-order chi connectivity index (χ1) is 17.7. The molecular formula is C26H23F5N4O2S. The number of pyridine rings is 2. The molecular weight excluding hydrogens is 527 g/mol. The number of imidazole rings is 1. The minimum Gasteiger partial charge on any atom is -0.310 e. The van der Waals surface area contributed by atoms with Crippen molar-refractivity contribution in [1.82, 2.24) is 19.5 Å². The Morgan fingerprint density at radius 3 is 2.24 bits per heavy atom. The van der Waals surface area contributed by atoms with Gasteiger partial charge in [0.1, 0.15) is 11.2 Å². The molecule has 1 aliphatic carbocycles. The lowest BCUT2D eigenvalue weighted by Gasteiger charge is -2.19. The highest BCUT2D eigenvalue weighted by Crippen LogP contribution is 2.47. The minimum absolute atomic E-state index is 0.00246. The summed E-state index contributed by atoms with van der Waals surface area (Å²) in [6.07, 6.45) is -2.76. The van der Waals surface area contributed by atoms with Gasteiger partial charge in [0.05, 0.1) is 16.2 Å². The standard InChI is InChI=1S/C26H23F5N4O2S/c1-4-38(36,37)21-10-17(15-5-7-16(8-6-15)19-9-14(19)2)12-32-22(21)24-34-20-11-18(13-33-23(20)35(24)3)25(27,28)26(29,30)31/h5-8,10-14,19H,4,9H2,1-3H3. The second-order valence-electron chi connectivity index (χ2n) is 9.55. The Morgan fingerprint density at radius 2 is 1.66 bits per heavy atom. The lowest BCUT2D eigenvalue weighted by Crippen LogP contribution is -2.33. The highest BCUT2D eigenvalue weighted by atomic mass is 32.2. The molecule has 2 unspecified atom stereocenters. The second kappa shape index (κ2) is 8.82. The van der Waals surface area contributed by atoms with E-state index < -0.39 is 27.5 Å². The molecule has 0 spiro atoms. The van der Waals surface area contributed by atoms with Crippen LogP contribution in [0.5, 0.6) is 0 Å². The third-order valence-corrected chi connectivity index (χ3v) is 8.73. The van der Waals surface area contributed by atoms with Crippen LogP contribution in [0.2, 0.25) is 0 Å². The van der Waals surface area contributed by atoms with Crippen LogP contribution >= 0.6 is 0 Å². The van der Waals surface area contributed by atoms with Crippen LogP contribution in [0, 0.1) is 5.92 Å². The molecule has 0 N–H and O–H groups in total. The molecule has 3 heterocycles. The number of halogens is 5. The van der Waals surface area contributed by atoms with E-state index in [-0.39, 0.29) is 33.3 Å². The lowest BCUT2D eigenvalue weighted by molar-refractivity contribution is -0.289. The van der Waals surface area contributed by atoms with Gasteiger partial charge in [-0.15, -0.1) is 0 Å². The molecule has 12 heteroatoms. The van der Waals surface area contributed by atoms with Gasteiger partial charge in [-0.25, -0.2) is 18.4 Å². The monoisotopic (exact) mass is 550 g/mol. The SMILES string of the molecule is CCS(=O)(=O)c1cc(-c2ccc(C3CC3C)cc2)cnc1-c1nc2cc(C(F)(F)C(F)(F)F)cnc2n1C. The Balaban J connectivity index is 1.61. The Bertz CT molecular complexity index is 1650. The van der Waals surface area contributed by atoms with E-state index in [1.165, 1.54) is 36.4 Å².